The summed E-state index contributed by atoms with van der Waals surface area (Å²) in [7, 11) is 0. The van der Waals surface area contributed by atoms with Crippen molar-refractivity contribution >= 4 is 21.6 Å². The molecule has 0 spiro atoms. The van der Waals surface area contributed by atoms with Crippen LogP contribution in [0.25, 0.3) is 10.2 Å². The third-order valence-electron chi connectivity index (χ3n) is 5.67. The van der Waals surface area contributed by atoms with Crippen molar-refractivity contribution in [3.8, 4) is 5.75 Å². The van der Waals surface area contributed by atoms with Crippen LogP contribution < -0.4 is 4.74 Å². The molecule has 2 aromatic carbocycles. The maximum atomic E-state index is 13.1. The Kier molecular flexibility index (Phi) is 5.93. The molecule has 2 unspecified atom stereocenters. The highest BCUT2D eigenvalue weighted by Crippen LogP contribution is 2.28. The van der Waals surface area contributed by atoms with Crippen molar-refractivity contribution in [1.82, 2.24) is 9.88 Å². The monoisotopic (exact) mass is 398 g/mol. The summed E-state index contributed by atoms with van der Waals surface area (Å²) in [6.07, 6.45) is 4.63. The van der Waals surface area contributed by atoms with E-state index in [4.69, 9.17) is 9.72 Å². The number of aromatic nitrogens is 1. The number of fused-ring (bicyclic) bond motifs is 1. The molecule has 2 atom stereocenters. The fourth-order valence-corrected chi connectivity index (χ4v) is 5.11. The first kappa shape index (κ1) is 19.3. The Morgan fingerprint density at radius 2 is 1.86 bits per heavy atom. The van der Waals surface area contributed by atoms with E-state index in [-0.39, 0.29) is 5.82 Å². The van der Waals surface area contributed by atoms with E-state index in [1.54, 1.807) is 11.3 Å². The number of ether oxygens (including phenoxy) is 1. The Morgan fingerprint density at radius 1 is 1.11 bits per heavy atom. The van der Waals surface area contributed by atoms with Crippen LogP contribution in [0, 0.1) is 5.82 Å². The minimum Gasteiger partial charge on any atom is -0.492 e. The zero-order chi connectivity index (χ0) is 19.5. The van der Waals surface area contributed by atoms with Gasteiger partial charge in [0, 0.05) is 25.0 Å². The molecule has 1 fully saturated rings. The first-order chi connectivity index (χ1) is 13.6. The van der Waals surface area contributed by atoms with Crippen LogP contribution in [-0.4, -0.2) is 35.1 Å². The lowest BCUT2D eigenvalue weighted by molar-refractivity contribution is 0.0852. The van der Waals surface area contributed by atoms with Gasteiger partial charge in [-0.25, -0.2) is 9.37 Å². The van der Waals surface area contributed by atoms with Gasteiger partial charge in [-0.3, -0.25) is 4.90 Å². The SMILES string of the molecule is CC1CCCC(C)N1CCOc1ccc2nc(Cc3ccc(F)cc3)sc2c1. The summed E-state index contributed by atoms with van der Waals surface area (Å²) in [5.74, 6) is 0.699. The summed E-state index contributed by atoms with van der Waals surface area (Å²) in [5, 5.41) is 1.04. The molecule has 0 N–H and O–H groups in total. The maximum Gasteiger partial charge on any atom is 0.123 e. The summed E-state index contributed by atoms with van der Waals surface area (Å²) >= 11 is 1.68. The molecule has 0 bridgehead atoms. The van der Waals surface area contributed by atoms with E-state index in [9.17, 15) is 4.39 Å². The first-order valence-corrected chi connectivity index (χ1v) is 10.9. The molecule has 1 aliphatic heterocycles. The lowest BCUT2D eigenvalue weighted by Crippen LogP contribution is -2.45. The van der Waals surface area contributed by atoms with Gasteiger partial charge < -0.3 is 4.74 Å². The second-order valence-electron chi connectivity index (χ2n) is 7.76. The zero-order valence-corrected chi connectivity index (χ0v) is 17.3. The molecular formula is C23H27FN2OS. The molecule has 1 aromatic heterocycles. The molecule has 5 heteroatoms. The lowest BCUT2D eigenvalue weighted by Gasteiger charge is -2.38. The van der Waals surface area contributed by atoms with Crippen molar-refractivity contribution in [3.05, 3.63) is 58.9 Å². The minimum absolute atomic E-state index is 0.205. The van der Waals surface area contributed by atoms with Crippen LogP contribution in [0.2, 0.25) is 0 Å². The third-order valence-corrected chi connectivity index (χ3v) is 6.69. The molecule has 0 saturated carbocycles. The average molecular weight is 399 g/mol. The Labute approximate surface area is 170 Å². The Hall–Kier alpha value is -1.98. The number of hydrogen-bond acceptors (Lipinski definition) is 4. The Bertz CT molecular complexity index is 914. The second kappa shape index (κ2) is 8.58. The van der Waals surface area contributed by atoms with E-state index in [0.717, 1.165) is 39.5 Å². The topological polar surface area (TPSA) is 25.4 Å². The molecule has 148 valence electrons. The van der Waals surface area contributed by atoms with E-state index in [1.165, 1.54) is 31.4 Å². The first-order valence-electron chi connectivity index (χ1n) is 10.1. The van der Waals surface area contributed by atoms with Gasteiger partial charge in [0.15, 0.2) is 0 Å². The van der Waals surface area contributed by atoms with Crippen molar-refractivity contribution in [2.24, 2.45) is 0 Å². The summed E-state index contributed by atoms with van der Waals surface area (Å²) in [6.45, 7) is 6.32. The summed E-state index contributed by atoms with van der Waals surface area (Å²) in [5.41, 5.74) is 2.06. The second-order valence-corrected chi connectivity index (χ2v) is 8.87. The van der Waals surface area contributed by atoms with Gasteiger partial charge in [0.2, 0.25) is 0 Å². The highest BCUT2D eigenvalue weighted by atomic mass is 32.1. The normalized spacial score (nSPS) is 20.5. The number of rotatable bonds is 6. The minimum atomic E-state index is -0.205. The van der Waals surface area contributed by atoms with Gasteiger partial charge in [-0.1, -0.05) is 18.6 Å². The molecule has 3 aromatic rings. The van der Waals surface area contributed by atoms with Gasteiger partial charge in [0.05, 0.1) is 15.2 Å². The van der Waals surface area contributed by atoms with Crippen molar-refractivity contribution in [1.29, 1.82) is 0 Å². The fraction of sp³-hybridized carbons (Fsp3) is 0.435. The van der Waals surface area contributed by atoms with Crippen LogP contribution >= 0.6 is 11.3 Å². The highest BCUT2D eigenvalue weighted by Gasteiger charge is 2.24. The number of hydrogen-bond donors (Lipinski definition) is 0. The summed E-state index contributed by atoms with van der Waals surface area (Å²) < 4.78 is 20.3. The Morgan fingerprint density at radius 3 is 2.61 bits per heavy atom. The number of piperidine rings is 1. The largest absolute Gasteiger partial charge is 0.492 e. The van der Waals surface area contributed by atoms with Gasteiger partial charge in [0.25, 0.3) is 0 Å². The third kappa shape index (κ3) is 4.53. The van der Waals surface area contributed by atoms with E-state index in [2.05, 4.69) is 24.8 Å². The van der Waals surface area contributed by atoms with Crippen LogP contribution in [0.3, 0.4) is 0 Å². The Balaban J connectivity index is 1.38. The smallest absolute Gasteiger partial charge is 0.123 e. The standard InChI is InChI=1S/C23H27FN2OS/c1-16-4-3-5-17(2)26(16)12-13-27-20-10-11-21-22(15-20)28-23(25-21)14-18-6-8-19(24)9-7-18/h6-11,15-17H,3-5,12-14H2,1-2H3. The molecule has 1 aliphatic rings. The van der Waals surface area contributed by atoms with Crippen LogP contribution in [-0.2, 0) is 6.42 Å². The molecule has 0 aliphatic carbocycles. The summed E-state index contributed by atoms with van der Waals surface area (Å²) in [4.78, 5) is 7.27. The van der Waals surface area contributed by atoms with Crippen LogP contribution in [0.15, 0.2) is 42.5 Å². The number of benzene rings is 2. The predicted octanol–water partition coefficient (Wildman–Crippen LogP) is 5.67. The number of thiazole rings is 1. The van der Waals surface area contributed by atoms with Gasteiger partial charge >= 0.3 is 0 Å². The quantitative estimate of drug-likeness (QED) is 0.535. The van der Waals surface area contributed by atoms with Crippen LogP contribution in [0.4, 0.5) is 4.39 Å². The van der Waals surface area contributed by atoms with Crippen molar-refractivity contribution in [3.63, 3.8) is 0 Å². The molecule has 4 rings (SSSR count). The fourth-order valence-electron chi connectivity index (χ4n) is 4.08. The zero-order valence-electron chi connectivity index (χ0n) is 16.5. The van der Waals surface area contributed by atoms with Crippen molar-refractivity contribution in [2.75, 3.05) is 13.2 Å². The van der Waals surface area contributed by atoms with Gasteiger partial charge in [0.1, 0.15) is 18.2 Å². The average Bonchev–Trinajstić information content (AvgIpc) is 3.07. The summed E-state index contributed by atoms with van der Waals surface area (Å²) in [6, 6.07) is 14.0. The lowest BCUT2D eigenvalue weighted by atomic mass is 9.98. The van der Waals surface area contributed by atoms with Crippen LogP contribution in [0.1, 0.15) is 43.7 Å². The maximum absolute atomic E-state index is 13.1. The molecule has 2 heterocycles. The molecule has 0 radical (unpaired) electrons. The van der Waals surface area contributed by atoms with E-state index >= 15 is 0 Å². The number of nitrogens with zero attached hydrogens (tertiary/aromatic N) is 2. The van der Waals surface area contributed by atoms with Crippen LogP contribution in [0.5, 0.6) is 5.75 Å². The van der Waals surface area contributed by atoms with E-state index in [1.807, 2.05) is 24.3 Å². The van der Waals surface area contributed by atoms with Gasteiger partial charge in [-0.05, 0) is 62.6 Å². The van der Waals surface area contributed by atoms with Gasteiger partial charge in [-0.15, -0.1) is 11.3 Å². The highest BCUT2D eigenvalue weighted by molar-refractivity contribution is 7.18. The molecule has 0 amide bonds. The molecule has 3 nitrogen and oxygen atoms in total. The van der Waals surface area contributed by atoms with Crippen molar-refractivity contribution in [2.45, 2.75) is 51.6 Å². The van der Waals surface area contributed by atoms with E-state index < -0.39 is 0 Å². The van der Waals surface area contributed by atoms with E-state index in [0.29, 0.717) is 18.7 Å². The van der Waals surface area contributed by atoms with Gasteiger partial charge in [-0.2, -0.15) is 0 Å². The number of halogens is 1. The molecule has 28 heavy (non-hydrogen) atoms. The predicted molar refractivity (Wildman–Crippen MR) is 114 cm³/mol. The van der Waals surface area contributed by atoms with Crippen molar-refractivity contribution < 1.29 is 9.13 Å². The molecular weight excluding hydrogens is 371 g/mol. The number of likely N-dealkylation sites (tertiary alicyclic amines) is 1. The molecule has 1 saturated heterocycles.